The summed E-state index contributed by atoms with van der Waals surface area (Å²) in [5.41, 5.74) is 0.199. The third-order valence-electron chi connectivity index (χ3n) is 1.02. The van der Waals surface area contributed by atoms with Crippen LogP contribution in [0.15, 0.2) is 18.2 Å². The van der Waals surface area contributed by atoms with E-state index in [-0.39, 0.29) is 5.56 Å². The summed E-state index contributed by atoms with van der Waals surface area (Å²) >= 11 is 5.47. The highest BCUT2D eigenvalue weighted by Gasteiger charge is 1.99. The van der Waals surface area contributed by atoms with E-state index < -0.39 is 5.97 Å². The number of aromatic carboxylic acids is 1. The average molecular weight is 156 g/mol. The molecule has 0 saturated carbocycles. The standard InChI is InChI=1S/C7H4ClO2/c8-6-3-1-5(2-4-6)7(9)10/h1-3H,(H,9,10). The molecule has 0 unspecified atom stereocenters. The molecule has 0 saturated heterocycles. The Balaban J connectivity index is 3.00. The molecule has 1 aromatic rings. The molecule has 0 aliphatic rings. The molecule has 3 heteroatoms. The first-order valence-electron chi connectivity index (χ1n) is 2.60. The van der Waals surface area contributed by atoms with Crippen LogP contribution in [0.1, 0.15) is 10.4 Å². The summed E-state index contributed by atoms with van der Waals surface area (Å²) in [5, 5.41) is 8.83. The van der Waals surface area contributed by atoms with Gasteiger partial charge in [0.15, 0.2) is 0 Å². The van der Waals surface area contributed by atoms with Gasteiger partial charge in [0, 0.05) is 11.1 Å². The molecule has 1 rings (SSSR count). The summed E-state index contributed by atoms with van der Waals surface area (Å²) in [5.74, 6) is -0.965. The molecule has 10 heavy (non-hydrogen) atoms. The van der Waals surface area contributed by atoms with Gasteiger partial charge in [-0.05, 0) is 18.2 Å². The molecule has 0 aliphatic heterocycles. The second-order valence-corrected chi connectivity index (χ2v) is 2.14. The second-order valence-electron chi connectivity index (χ2n) is 1.73. The van der Waals surface area contributed by atoms with Crippen molar-refractivity contribution < 1.29 is 9.90 Å². The summed E-state index contributed by atoms with van der Waals surface area (Å²) in [6.45, 7) is 0. The Kier molecular flexibility index (Phi) is 1.92. The third-order valence-corrected chi connectivity index (χ3v) is 1.26. The Labute approximate surface area is 63.1 Å². The predicted octanol–water partition coefficient (Wildman–Crippen LogP) is 1.84. The predicted molar refractivity (Wildman–Crippen MR) is 37.2 cm³/mol. The normalized spacial score (nSPS) is 9.30. The van der Waals surface area contributed by atoms with E-state index in [1.807, 2.05) is 0 Å². The Morgan fingerprint density at radius 2 is 2.30 bits per heavy atom. The van der Waals surface area contributed by atoms with Crippen LogP contribution in [0, 0.1) is 6.07 Å². The van der Waals surface area contributed by atoms with Gasteiger partial charge in [0.05, 0.1) is 5.56 Å². The van der Waals surface area contributed by atoms with Crippen LogP contribution < -0.4 is 0 Å². The van der Waals surface area contributed by atoms with Crippen molar-refractivity contribution in [1.29, 1.82) is 0 Å². The minimum absolute atomic E-state index is 0.199. The zero-order valence-corrected chi connectivity index (χ0v) is 5.72. The van der Waals surface area contributed by atoms with Crippen molar-refractivity contribution in [2.45, 2.75) is 0 Å². The van der Waals surface area contributed by atoms with E-state index in [0.717, 1.165) is 0 Å². The van der Waals surface area contributed by atoms with Gasteiger partial charge < -0.3 is 5.11 Å². The second kappa shape index (κ2) is 2.71. The highest BCUT2D eigenvalue weighted by molar-refractivity contribution is 6.30. The molecular weight excluding hydrogens is 152 g/mol. The number of hydrogen-bond donors (Lipinski definition) is 1. The fourth-order valence-corrected chi connectivity index (χ4v) is 0.656. The van der Waals surface area contributed by atoms with Gasteiger partial charge >= 0.3 is 5.97 Å². The number of carboxylic acids is 1. The van der Waals surface area contributed by atoms with Crippen molar-refractivity contribution in [2.24, 2.45) is 0 Å². The molecule has 0 aromatic heterocycles. The summed E-state index contributed by atoms with van der Waals surface area (Å²) in [7, 11) is 0. The lowest BCUT2D eigenvalue weighted by Crippen LogP contribution is -1.94. The first-order chi connectivity index (χ1) is 4.70. The SMILES string of the molecule is O=C(O)c1c[c]c(Cl)cc1. The zero-order chi connectivity index (χ0) is 7.56. The molecule has 1 N–H and O–H groups in total. The molecule has 1 aromatic carbocycles. The molecule has 0 bridgehead atoms. The van der Waals surface area contributed by atoms with E-state index >= 15 is 0 Å². The molecule has 51 valence electrons. The smallest absolute Gasteiger partial charge is 0.335 e. The summed E-state index contributed by atoms with van der Waals surface area (Å²) in [4.78, 5) is 10.2. The average Bonchev–Trinajstić information content (AvgIpc) is 1.88. The summed E-state index contributed by atoms with van der Waals surface area (Å²) < 4.78 is 0. The van der Waals surface area contributed by atoms with Gasteiger partial charge in [0.25, 0.3) is 0 Å². The number of rotatable bonds is 1. The first-order valence-corrected chi connectivity index (χ1v) is 2.98. The van der Waals surface area contributed by atoms with Gasteiger partial charge in [-0.2, -0.15) is 0 Å². The van der Waals surface area contributed by atoms with Gasteiger partial charge in [-0.1, -0.05) is 11.6 Å². The van der Waals surface area contributed by atoms with Crippen molar-refractivity contribution in [3.8, 4) is 0 Å². The Hall–Kier alpha value is -1.02. The fourth-order valence-electron chi connectivity index (χ4n) is 0.539. The number of hydrogen-bond acceptors (Lipinski definition) is 1. The van der Waals surface area contributed by atoms with Crippen LogP contribution in [0.4, 0.5) is 0 Å². The molecule has 0 amide bonds. The quantitative estimate of drug-likeness (QED) is 0.672. The van der Waals surface area contributed by atoms with E-state index in [0.29, 0.717) is 5.02 Å². The molecular formula is C7H4ClO2. The van der Waals surface area contributed by atoms with Crippen LogP contribution in [-0.4, -0.2) is 11.1 Å². The monoisotopic (exact) mass is 155 g/mol. The number of carbonyl (C=O) groups is 1. The fraction of sp³-hybridized carbons (Fsp3) is 0. The number of halogens is 1. The Morgan fingerprint density at radius 3 is 2.70 bits per heavy atom. The number of carboxylic acid groups (broad SMARTS) is 1. The van der Waals surface area contributed by atoms with E-state index in [4.69, 9.17) is 16.7 Å². The first kappa shape index (κ1) is 7.09. The summed E-state index contributed by atoms with van der Waals surface area (Å²) in [6.07, 6.45) is 0. The van der Waals surface area contributed by atoms with Crippen molar-refractivity contribution >= 4 is 17.6 Å². The van der Waals surface area contributed by atoms with Crippen molar-refractivity contribution in [3.05, 3.63) is 34.9 Å². The van der Waals surface area contributed by atoms with Crippen LogP contribution in [0.3, 0.4) is 0 Å². The minimum Gasteiger partial charge on any atom is -0.478 e. The Bertz CT molecular complexity index is 240. The van der Waals surface area contributed by atoms with Gasteiger partial charge in [0.2, 0.25) is 0 Å². The lowest BCUT2D eigenvalue weighted by atomic mass is 10.2. The molecule has 0 aliphatic carbocycles. The molecule has 0 spiro atoms. The zero-order valence-electron chi connectivity index (χ0n) is 4.97. The largest absolute Gasteiger partial charge is 0.478 e. The molecule has 0 fully saturated rings. The van der Waals surface area contributed by atoms with Gasteiger partial charge in [-0.3, -0.25) is 0 Å². The van der Waals surface area contributed by atoms with Crippen molar-refractivity contribution in [1.82, 2.24) is 0 Å². The maximum atomic E-state index is 10.2. The summed E-state index contributed by atoms with van der Waals surface area (Å²) in [6, 6.07) is 6.83. The third kappa shape index (κ3) is 1.48. The highest BCUT2D eigenvalue weighted by atomic mass is 35.5. The van der Waals surface area contributed by atoms with Crippen molar-refractivity contribution in [3.63, 3.8) is 0 Å². The van der Waals surface area contributed by atoms with Crippen molar-refractivity contribution in [2.75, 3.05) is 0 Å². The van der Waals surface area contributed by atoms with Crippen LogP contribution >= 0.6 is 11.6 Å². The lowest BCUT2D eigenvalue weighted by molar-refractivity contribution is 0.0697. The maximum Gasteiger partial charge on any atom is 0.335 e. The van der Waals surface area contributed by atoms with Gasteiger partial charge in [-0.25, -0.2) is 4.79 Å². The lowest BCUT2D eigenvalue weighted by Gasteiger charge is -1.90. The molecule has 2 nitrogen and oxygen atoms in total. The number of benzene rings is 1. The van der Waals surface area contributed by atoms with E-state index in [1.165, 1.54) is 18.2 Å². The van der Waals surface area contributed by atoms with E-state index in [9.17, 15) is 4.79 Å². The topological polar surface area (TPSA) is 37.3 Å². The highest BCUT2D eigenvalue weighted by Crippen LogP contribution is 2.07. The minimum atomic E-state index is -0.965. The van der Waals surface area contributed by atoms with Crippen LogP contribution in [0.5, 0.6) is 0 Å². The van der Waals surface area contributed by atoms with Gasteiger partial charge in [-0.15, -0.1) is 0 Å². The van der Waals surface area contributed by atoms with Gasteiger partial charge in [0.1, 0.15) is 0 Å². The van der Waals surface area contributed by atoms with E-state index in [1.54, 1.807) is 0 Å². The van der Waals surface area contributed by atoms with Crippen LogP contribution in [0.2, 0.25) is 5.02 Å². The van der Waals surface area contributed by atoms with Crippen LogP contribution in [-0.2, 0) is 0 Å². The molecule has 0 heterocycles. The molecule has 1 radical (unpaired) electrons. The van der Waals surface area contributed by atoms with E-state index in [2.05, 4.69) is 6.07 Å². The maximum absolute atomic E-state index is 10.2. The van der Waals surface area contributed by atoms with Crippen LogP contribution in [0.25, 0.3) is 0 Å². The molecule has 0 atom stereocenters. The Morgan fingerprint density at radius 1 is 1.60 bits per heavy atom.